The van der Waals surface area contributed by atoms with Crippen LogP contribution in [0, 0.1) is 5.82 Å². The first-order chi connectivity index (χ1) is 16.6. The normalized spacial score (nSPS) is 16.7. The van der Waals surface area contributed by atoms with E-state index < -0.39 is 34.3 Å². The lowest BCUT2D eigenvalue weighted by atomic mass is 10.0. The molecule has 2 amide bonds. The van der Waals surface area contributed by atoms with E-state index in [0.717, 1.165) is 29.0 Å². The van der Waals surface area contributed by atoms with E-state index in [1.165, 1.54) is 24.1 Å². The number of halogens is 1. The van der Waals surface area contributed by atoms with Gasteiger partial charge in [-0.25, -0.2) is 12.8 Å². The Bertz CT molecular complexity index is 1090. The summed E-state index contributed by atoms with van der Waals surface area (Å²) in [7, 11) is -2.30. The van der Waals surface area contributed by atoms with Gasteiger partial charge in [-0.15, -0.1) is 0 Å². The largest absolute Gasteiger partial charge is 0.376 e. The van der Waals surface area contributed by atoms with Gasteiger partial charge in [-0.05, 0) is 36.1 Å². The number of hydrogen-bond acceptors (Lipinski definition) is 5. The van der Waals surface area contributed by atoms with Crippen molar-refractivity contribution in [2.24, 2.45) is 0 Å². The molecular weight excluding hydrogens is 473 g/mol. The summed E-state index contributed by atoms with van der Waals surface area (Å²) in [6.45, 7) is 0.568. The zero-order valence-corrected chi connectivity index (χ0v) is 20.8. The maximum absolute atomic E-state index is 13.5. The third kappa shape index (κ3) is 8.12. The SMILES string of the molecule is CN(CC(=O)N(Cc1ccc(F)cc1)C(Cc1ccccc1)C(=O)NCC1CCCO1)S(C)(=O)=O. The van der Waals surface area contributed by atoms with E-state index in [2.05, 4.69) is 5.32 Å². The summed E-state index contributed by atoms with van der Waals surface area (Å²) in [6.07, 6.45) is 2.95. The molecule has 10 heteroatoms. The Morgan fingerprint density at radius 1 is 1.11 bits per heavy atom. The Balaban J connectivity index is 1.90. The van der Waals surface area contributed by atoms with Crippen molar-refractivity contribution in [3.05, 3.63) is 71.5 Å². The molecule has 0 spiro atoms. The molecule has 1 N–H and O–H groups in total. The van der Waals surface area contributed by atoms with Crippen molar-refractivity contribution in [2.75, 3.05) is 33.0 Å². The number of sulfonamides is 1. The lowest BCUT2D eigenvalue weighted by Crippen LogP contribution is -2.53. The first kappa shape index (κ1) is 26.8. The number of rotatable bonds is 11. The second-order valence-electron chi connectivity index (χ2n) is 8.75. The van der Waals surface area contributed by atoms with Crippen molar-refractivity contribution < 1.29 is 27.1 Å². The molecule has 1 aliphatic heterocycles. The number of benzene rings is 2. The highest BCUT2D eigenvalue weighted by molar-refractivity contribution is 7.88. The van der Waals surface area contributed by atoms with Crippen molar-refractivity contribution in [2.45, 2.75) is 38.0 Å². The summed E-state index contributed by atoms with van der Waals surface area (Å²) in [6, 6.07) is 14.0. The minimum absolute atomic E-state index is 0.0154. The van der Waals surface area contributed by atoms with E-state index in [0.29, 0.717) is 18.7 Å². The molecule has 35 heavy (non-hydrogen) atoms. The van der Waals surface area contributed by atoms with Crippen molar-refractivity contribution in [1.82, 2.24) is 14.5 Å². The quantitative estimate of drug-likeness (QED) is 0.504. The van der Waals surface area contributed by atoms with Crippen LogP contribution in [0.15, 0.2) is 54.6 Å². The van der Waals surface area contributed by atoms with Crippen LogP contribution < -0.4 is 5.32 Å². The van der Waals surface area contributed by atoms with E-state index in [1.807, 2.05) is 30.3 Å². The van der Waals surface area contributed by atoms with E-state index in [9.17, 15) is 22.4 Å². The Kier molecular flexibility index (Phi) is 9.36. The van der Waals surface area contributed by atoms with Gasteiger partial charge in [0.1, 0.15) is 11.9 Å². The molecule has 1 fully saturated rings. The van der Waals surface area contributed by atoms with Gasteiger partial charge in [-0.1, -0.05) is 42.5 Å². The standard InChI is InChI=1S/C25H32FN3O5S/c1-28(35(2,32)33)18-24(30)29(17-20-10-12-21(26)13-11-20)23(15-19-7-4-3-5-8-19)25(31)27-16-22-9-6-14-34-22/h3-5,7-8,10-13,22-23H,6,9,14-18H2,1-2H3,(H,27,31). The fraction of sp³-hybridized carbons (Fsp3) is 0.440. The molecule has 1 aliphatic rings. The lowest BCUT2D eigenvalue weighted by molar-refractivity contribution is -0.141. The molecule has 0 bridgehead atoms. The van der Waals surface area contributed by atoms with Crippen LogP contribution in [0.4, 0.5) is 4.39 Å². The van der Waals surface area contributed by atoms with E-state index in [1.54, 1.807) is 12.1 Å². The van der Waals surface area contributed by atoms with Crippen LogP contribution >= 0.6 is 0 Å². The Hall–Kier alpha value is -2.82. The minimum atomic E-state index is -3.62. The average Bonchev–Trinajstić information content (AvgIpc) is 3.34. The van der Waals surface area contributed by atoms with Gasteiger partial charge in [0.25, 0.3) is 0 Å². The number of nitrogens with zero attached hydrogens (tertiary/aromatic N) is 2. The average molecular weight is 506 g/mol. The zero-order valence-electron chi connectivity index (χ0n) is 20.0. The van der Waals surface area contributed by atoms with Gasteiger partial charge in [-0.3, -0.25) is 9.59 Å². The van der Waals surface area contributed by atoms with Gasteiger partial charge < -0.3 is 15.0 Å². The molecule has 0 aromatic heterocycles. The van der Waals surface area contributed by atoms with Crippen molar-refractivity contribution in [3.8, 4) is 0 Å². The second kappa shape index (κ2) is 12.2. The van der Waals surface area contributed by atoms with E-state index in [-0.39, 0.29) is 25.0 Å². The van der Waals surface area contributed by atoms with Gasteiger partial charge in [0.2, 0.25) is 21.8 Å². The third-order valence-corrected chi connectivity index (χ3v) is 7.25. The fourth-order valence-electron chi connectivity index (χ4n) is 3.88. The highest BCUT2D eigenvalue weighted by Crippen LogP contribution is 2.17. The van der Waals surface area contributed by atoms with Crippen molar-refractivity contribution in [3.63, 3.8) is 0 Å². The lowest BCUT2D eigenvalue weighted by Gasteiger charge is -2.32. The van der Waals surface area contributed by atoms with Crippen LogP contribution in [-0.2, 0) is 37.3 Å². The highest BCUT2D eigenvalue weighted by atomic mass is 32.2. The van der Waals surface area contributed by atoms with E-state index >= 15 is 0 Å². The summed E-state index contributed by atoms with van der Waals surface area (Å²) >= 11 is 0. The molecular formula is C25H32FN3O5S. The summed E-state index contributed by atoms with van der Waals surface area (Å²) in [5.41, 5.74) is 1.46. The number of ether oxygens (including phenoxy) is 1. The Morgan fingerprint density at radius 3 is 2.40 bits per heavy atom. The molecule has 2 aromatic rings. The number of likely N-dealkylation sites (N-methyl/N-ethyl adjacent to an activating group) is 1. The first-order valence-electron chi connectivity index (χ1n) is 11.5. The molecule has 3 rings (SSSR count). The van der Waals surface area contributed by atoms with Gasteiger partial charge in [0.15, 0.2) is 0 Å². The fourth-order valence-corrected chi connectivity index (χ4v) is 4.22. The van der Waals surface area contributed by atoms with Crippen LogP contribution in [0.1, 0.15) is 24.0 Å². The predicted molar refractivity (Wildman–Crippen MR) is 130 cm³/mol. The molecule has 0 saturated carbocycles. The van der Waals surface area contributed by atoms with Gasteiger partial charge >= 0.3 is 0 Å². The van der Waals surface area contributed by atoms with Gasteiger partial charge in [0, 0.05) is 33.2 Å². The van der Waals surface area contributed by atoms with Crippen LogP contribution in [-0.4, -0.2) is 74.6 Å². The van der Waals surface area contributed by atoms with Gasteiger partial charge in [0.05, 0.1) is 18.9 Å². The van der Waals surface area contributed by atoms with E-state index in [4.69, 9.17) is 4.74 Å². The molecule has 0 radical (unpaired) electrons. The van der Waals surface area contributed by atoms with Crippen molar-refractivity contribution >= 4 is 21.8 Å². The van der Waals surface area contributed by atoms with Crippen LogP contribution in [0.5, 0.6) is 0 Å². The third-order valence-electron chi connectivity index (χ3n) is 5.99. The number of amides is 2. The second-order valence-corrected chi connectivity index (χ2v) is 10.8. The Labute approximate surface area is 206 Å². The van der Waals surface area contributed by atoms with Crippen LogP contribution in [0.25, 0.3) is 0 Å². The smallest absolute Gasteiger partial charge is 0.243 e. The monoisotopic (exact) mass is 505 g/mol. The summed E-state index contributed by atoms with van der Waals surface area (Å²) in [5.74, 6) is -1.31. The van der Waals surface area contributed by atoms with Crippen LogP contribution in [0.2, 0.25) is 0 Å². The topological polar surface area (TPSA) is 96.0 Å². The Morgan fingerprint density at radius 2 is 1.80 bits per heavy atom. The van der Waals surface area contributed by atoms with Crippen molar-refractivity contribution in [1.29, 1.82) is 0 Å². The van der Waals surface area contributed by atoms with Crippen LogP contribution in [0.3, 0.4) is 0 Å². The molecule has 2 unspecified atom stereocenters. The minimum Gasteiger partial charge on any atom is -0.376 e. The summed E-state index contributed by atoms with van der Waals surface area (Å²) in [4.78, 5) is 28.2. The van der Waals surface area contributed by atoms with Gasteiger partial charge in [-0.2, -0.15) is 4.31 Å². The number of nitrogens with one attached hydrogen (secondary N) is 1. The zero-order chi connectivity index (χ0) is 25.4. The molecule has 1 heterocycles. The molecule has 2 aromatic carbocycles. The molecule has 8 nitrogen and oxygen atoms in total. The first-order valence-corrected chi connectivity index (χ1v) is 13.4. The molecule has 1 saturated heterocycles. The molecule has 190 valence electrons. The summed E-state index contributed by atoms with van der Waals surface area (Å²) in [5, 5.41) is 2.91. The predicted octanol–water partition coefficient (Wildman–Crippen LogP) is 1.95. The molecule has 0 aliphatic carbocycles. The number of carbonyl (C=O) groups is 2. The maximum atomic E-state index is 13.5. The number of carbonyl (C=O) groups excluding carboxylic acids is 2. The number of hydrogen-bond donors (Lipinski definition) is 1. The maximum Gasteiger partial charge on any atom is 0.243 e. The highest BCUT2D eigenvalue weighted by Gasteiger charge is 2.32. The summed E-state index contributed by atoms with van der Waals surface area (Å²) < 4.78 is 43.9. The molecule has 2 atom stereocenters.